The number of nitrogens with one attached hydrogen (secondary N) is 1. The van der Waals surface area contributed by atoms with Crippen molar-refractivity contribution in [3.8, 4) is 0 Å². The summed E-state index contributed by atoms with van der Waals surface area (Å²) in [4.78, 5) is 0. The molecule has 1 rings (SSSR count). The molecule has 0 atom stereocenters. The van der Waals surface area contributed by atoms with Gasteiger partial charge in [-0.2, -0.15) is 0 Å². The van der Waals surface area contributed by atoms with Gasteiger partial charge < -0.3 is 10.1 Å². The number of halogens is 2. The topological polar surface area (TPSA) is 21.3 Å². The molecule has 0 spiro atoms. The molecular formula is C11H13Cl2NO. The zero-order valence-corrected chi connectivity index (χ0v) is 9.98. The average Bonchev–Trinajstić information content (AvgIpc) is 2.27. The third-order valence-electron chi connectivity index (χ3n) is 1.82. The van der Waals surface area contributed by atoms with Crippen LogP contribution in [0.2, 0.25) is 0 Å². The lowest BCUT2D eigenvalue weighted by molar-refractivity contribution is 0.185. The van der Waals surface area contributed by atoms with E-state index in [0.717, 1.165) is 11.3 Å². The van der Waals surface area contributed by atoms with Gasteiger partial charge in [0.25, 0.3) is 0 Å². The number of rotatable bonds is 5. The zero-order valence-electron chi connectivity index (χ0n) is 8.47. The van der Waals surface area contributed by atoms with Gasteiger partial charge in [0.15, 0.2) is 0 Å². The van der Waals surface area contributed by atoms with Crippen LogP contribution in [0.25, 0.3) is 0 Å². The van der Waals surface area contributed by atoms with E-state index in [0.29, 0.717) is 18.2 Å². The van der Waals surface area contributed by atoms with Gasteiger partial charge in [-0.3, -0.25) is 0 Å². The van der Waals surface area contributed by atoms with E-state index in [2.05, 4.69) is 5.32 Å². The summed E-state index contributed by atoms with van der Waals surface area (Å²) < 4.78 is 5.04. The van der Waals surface area contributed by atoms with Crippen molar-refractivity contribution >= 4 is 28.9 Å². The van der Waals surface area contributed by atoms with E-state index in [9.17, 15) is 0 Å². The monoisotopic (exact) mass is 245 g/mol. The van der Waals surface area contributed by atoms with Gasteiger partial charge in [-0.05, 0) is 17.7 Å². The third kappa shape index (κ3) is 4.56. The molecular weight excluding hydrogens is 233 g/mol. The molecule has 1 N–H and O–H groups in total. The first kappa shape index (κ1) is 12.4. The Hall–Kier alpha value is -0.700. The Morgan fingerprint density at radius 1 is 1.53 bits per heavy atom. The summed E-state index contributed by atoms with van der Waals surface area (Å²) in [6, 6.07) is 7.96. The van der Waals surface area contributed by atoms with Crippen LogP contribution >= 0.6 is 23.2 Å². The normalized spacial score (nSPS) is 11.5. The number of hydrogen-bond donors (Lipinski definition) is 1. The minimum Gasteiger partial charge on any atom is -0.380 e. The predicted octanol–water partition coefficient (Wildman–Crippen LogP) is 3.56. The molecule has 4 heteroatoms. The number of benzene rings is 1. The molecule has 82 valence electrons. The first-order valence-electron chi connectivity index (χ1n) is 4.52. The molecule has 0 fully saturated rings. The van der Waals surface area contributed by atoms with Gasteiger partial charge in [-0.15, -0.1) is 0 Å². The van der Waals surface area contributed by atoms with E-state index in [-0.39, 0.29) is 0 Å². The largest absolute Gasteiger partial charge is 0.380 e. The van der Waals surface area contributed by atoms with Gasteiger partial charge in [-0.25, -0.2) is 0 Å². The molecule has 0 bridgehead atoms. The van der Waals surface area contributed by atoms with Crippen molar-refractivity contribution in [3.63, 3.8) is 0 Å². The first-order valence-corrected chi connectivity index (χ1v) is 5.34. The van der Waals surface area contributed by atoms with E-state index in [1.54, 1.807) is 7.11 Å². The van der Waals surface area contributed by atoms with E-state index in [1.165, 1.54) is 5.54 Å². The van der Waals surface area contributed by atoms with Crippen LogP contribution in [0.15, 0.2) is 34.8 Å². The zero-order chi connectivity index (χ0) is 11.1. The van der Waals surface area contributed by atoms with E-state index in [1.807, 2.05) is 24.3 Å². The molecule has 15 heavy (non-hydrogen) atoms. The van der Waals surface area contributed by atoms with Crippen molar-refractivity contribution in [2.24, 2.45) is 0 Å². The fourth-order valence-electron chi connectivity index (χ4n) is 1.16. The van der Waals surface area contributed by atoms with Crippen LogP contribution in [0, 0.1) is 0 Å². The smallest absolute Gasteiger partial charge is 0.0713 e. The Morgan fingerprint density at radius 2 is 2.33 bits per heavy atom. The highest BCUT2D eigenvalue weighted by Crippen LogP contribution is 2.13. The Balaban J connectivity index is 2.57. The van der Waals surface area contributed by atoms with Crippen molar-refractivity contribution in [1.29, 1.82) is 0 Å². The van der Waals surface area contributed by atoms with Crippen LogP contribution in [0.1, 0.15) is 5.56 Å². The molecule has 1 aromatic carbocycles. The Labute approximate surface area is 99.8 Å². The molecule has 0 aliphatic heterocycles. The van der Waals surface area contributed by atoms with Crippen LogP contribution in [0.5, 0.6) is 0 Å². The summed E-state index contributed by atoms with van der Waals surface area (Å²) in [6.07, 6.45) is 0. The highest BCUT2D eigenvalue weighted by molar-refractivity contribution is 6.36. The number of methoxy groups -OCH3 is 1. The second-order valence-electron chi connectivity index (χ2n) is 3.04. The first-order chi connectivity index (χ1) is 7.26. The highest BCUT2D eigenvalue weighted by Gasteiger charge is 1.96. The van der Waals surface area contributed by atoms with Crippen LogP contribution in [0.3, 0.4) is 0 Å². The molecule has 0 aromatic heterocycles. The van der Waals surface area contributed by atoms with Gasteiger partial charge in [-0.1, -0.05) is 35.3 Å². The molecule has 0 unspecified atom stereocenters. The lowest BCUT2D eigenvalue weighted by Crippen LogP contribution is -2.01. The summed E-state index contributed by atoms with van der Waals surface area (Å²) in [5.74, 6) is 0. The second kappa shape index (κ2) is 6.72. The molecule has 0 amide bonds. The molecule has 0 saturated carbocycles. The van der Waals surface area contributed by atoms with Crippen molar-refractivity contribution in [1.82, 2.24) is 0 Å². The Morgan fingerprint density at radius 3 is 3.00 bits per heavy atom. The van der Waals surface area contributed by atoms with Crippen molar-refractivity contribution in [2.75, 3.05) is 19.0 Å². The van der Waals surface area contributed by atoms with Crippen LogP contribution in [0.4, 0.5) is 5.69 Å². The van der Waals surface area contributed by atoms with Crippen molar-refractivity contribution in [3.05, 3.63) is 40.4 Å². The van der Waals surface area contributed by atoms with Crippen LogP contribution in [-0.2, 0) is 11.3 Å². The number of ether oxygens (including phenoxy) is 1. The van der Waals surface area contributed by atoms with Crippen molar-refractivity contribution < 1.29 is 4.74 Å². The molecule has 1 aromatic rings. The minimum atomic E-state index is 0.529. The molecule has 0 aliphatic rings. The average molecular weight is 246 g/mol. The summed E-state index contributed by atoms with van der Waals surface area (Å²) >= 11 is 11.2. The minimum absolute atomic E-state index is 0.529. The Bertz CT molecular complexity index is 339. The van der Waals surface area contributed by atoms with Gasteiger partial charge >= 0.3 is 0 Å². The maximum Gasteiger partial charge on any atom is 0.0713 e. The summed E-state index contributed by atoms with van der Waals surface area (Å²) in [5, 5.41) is 3.73. The van der Waals surface area contributed by atoms with Gasteiger partial charge in [0.2, 0.25) is 0 Å². The highest BCUT2D eigenvalue weighted by atomic mass is 35.5. The van der Waals surface area contributed by atoms with Crippen molar-refractivity contribution in [2.45, 2.75) is 6.61 Å². The van der Waals surface area contributed by atoms with E-state index >= 15 is 0 Å². The fourth-order valence-corrected chi connectivity index (χ4v) is 1.31. The molecule has 0 saturated heterocycles. The summed E-state index contributed by atoms with van der Waals surface area (Å²) in [5.41, 5.74) is 3.47. The lowest BCUT2D eigenvalue weighted by atomic mass is 10.2. The second-order valence-corrected chi connectivity index (χ2v) is 3.75. The van der Waals surface area contributed by atoms with Crippen LogP contribution in [-0.4, -0.2) is 13.7 Å². The SMILES string of the molecule is COCc1cccc(NCC(Cl)=CCl)c1. The maximum absolute atomic E-state index is 5.76. The Kier molecular flexibility index (Phi) is 5.54. The van der Waals surface area contributed by atoms with E-state index in [4.69, 9.17) is 27.9 Å². The lowest BCUT2D eigenvalue weighted by Gasteiger charge is -2.07. The third-order valence-corrected chi connectivity index (χ3v) is 2.44. The van der Waals surface area contributed by atoms with Gasteiger partial charge in [0.1, 0.15) is 0 Å². The maximum atomic E-state index is 5.76. The molecule has 0 aliphatic carbocycles. The number of hydrogen-bond acceptors (Lipinski definition) is 2. The quantitative estimate of drug-likeness (QED) is 0.857. The van der Waals surface area contributed by atoms with Gasteiger partial charge in [0, 0.05) is 23.4 Å². The van der Waals surface area contributed by atoms with Gasteiger partial charge in [0.05, 0.1) is 13.2 Å². The fraction of sp³-hybridized carbons (Fsp3) is 0.273. The summed E-state index contributed by atoms with van der Waals surface area (Å²) in [6.45, 7) is 1.14. The van der Waals surface area contributed by atoms with E-state index < -0.39 is 0 Å². The van der Waals surface area contributed by atoms with Crippen LogP contribution < -0.4 is 5.32 Å². The summed E-state index contributed by atoms with van der Waals surface area (Å²) in [7, 11) is 1.67. The molecule has 0 radical (unpaired) electrons. The molecule has 2 nitrogen and oxygen atoms in total. The predicted molar refractivity (Wildman–Crippen MR) is 65.4 cm³/mol. The number of anilines is 1. The molecule has 0 heterocycles. The standard InChI is InChI=1S/C11H13Cl2NO/c1-15-8-9-3-2-4-11(5-9)14-7-10(13)6-12/h2-6,14H,7-8H2,1H3.